The first-order chi connectivity index (χ1) is 11.2. The van der Waals surface area contributed by atoms with Crippen LogP contribution in [0, 0.1) is 0 Å². The van der Waals surface area contributed by atoms with Crippen LogP contribution in [-0.2, 0) is 13.2 Å². The zero-order chi connectivity index (χ0) is 16.2. The van der Waals surface area contributed by atoms with E-state index in [1.165, 1.54) is 0 Å². The van der Waals surface area contributed by atoms with Gasteiger partial charge < -0.3 is 20.2 Å². The lowest BCUT2D eigenvalue weighted by Crippen LogP contribution is -2.39. The molecule has 0 amide bonds. The van der Waals surface area contributed by atoms with Gasteiger partial charge >= 0.3 is 0 Å². The Balaban J connectivity index is 1.82. The van der Waals surface area contributed by atoms with Crippen molar-refractivity contribution in [2.45, 2.75) is 32.2 Å². The highest BCUT2D eigenvalue weighted by molar-refractivity contribution is 5.63. The number of hydrogen-bond donors (Lipinski definition) is 3. The minimum Gasteiger partial charge on any atom is -0.392 e. The Morgan fingerprint density at radius 1 is 1.04 bits per heavy atom. The molecule has 1 unspecified atom stereocenters. The van der Waals surface area contributed by atoms with Gasteiger partial charge in [0.05, 0.1) is 19.3 Å². The molecule has 1 aromatic carbocycles. The van der Waals surface area contributed by atoms with E-state index in [2.05, 4.69) is 9.97 Å². The molecule has 1 aromatic heterocycles. The monoisotopic (exact) mass is 315 g/mol. The summed E-state index contributed by atoms with van der Waals surface area (Å²) in [7, 11) is 0. The Morgan fingerprint density at radius 2 is 1.78 bits per heavy atom. The summed E-state index contributed by atoms with van der Waals surface area (Å²) in [4.78, 5) is 10.8. The summed E-state index contributed by atoms with van der Waals surface area (Å²) >= 11 is 0. The molecule has 0 spiro atoms. The van der Waals surface area contributed by atoms with Crippen molar-refractivity contribution in [2.75, 3.05) is 18.0 Å². The predicted octanol–water partition coefficient (Wildman–Crippen LogP) is 1.09. The minimum atomic E-state index is -0.315. The third kappa shape index (κ3) is 3.50. The van der Waals surface area contributed by atoms with Crippen molar-refractivity contribution >= 4 is 5.95 Å². The van der Waals surface area contributed by atoms with Gasteiger partial charge in [-0.3, -0.25) is 0 Å². The van der Waals surface area contributed by atoms with E-state index in [-0.39, 0.29) is 19.3 Å². The summed E-state index contributed by atoms with van der Waals surface area (Å²) < 4.78 is 0. The fraction of sp³-hybridized carbons (Fsp3) is 0.412. The lowest BCUT2D eigenvalue weighted by Gasteiger charge is -2.29. The number of piperidine rings is 1. The Labute approximate surface area is 135 Å². The average Bonchev–Trinajstić information content (AvgIpc) is 2.61. The number of anilines is 1. The van der Waals surface area contributed by atoms with Crippen molar-refractivity contribution < 1.29 is 15.3 Å². The van der Waals surface area contributed by atoms with E-state index >= 15 is 0 Å². The number of hydrogen-bond acceptors (Lipinski definition) is 6. The van der Waals surface area contributed by atoms with E-state index in [1.807, 2.05) is 17.0 Å². The fourth-order valence-electron chi connectivity index (χ4n) is 2.88. The smallest absolute Gasteiger partial charge is 0.225 e. The number of aromatic nitrogens is 2. The summed E-state index contributed by atoms with van der Waals surface area (Å²) in [6.45, 7) is 1.21. The molecule has 0 aliphatic carbocycles. The molecule has 0 bridgehead atoms. The average molecular weight is 315 g/mol. The highest BCUT2D eigenvalue weighted by Gasteiger charge is 2.19. The van der Waals surface area contributed by atoms with Gasteiger partial charge in [0, 0.05) is 31.0 Å². The topological polar surface area (TPSA) is 89.7 Å². The van der Waals surface area contributed by atoms with E-state index in [4.69, 9.17) is 0 Å². The number of rotatable bonds is 4. The van der Waals surface area contributed by atoms with Gasteiger partial charge in [-0.05, 0) is 35.6 Å². The van der Waals surface area contributed by atoms with Gasteiger partial charge in [-0.2, -0.15) is 0 Å². The van der Waals surface area contributed by atoms with Gasteiger partial charge in [0.2, 0.25) is 5.95 Å². The SMILES string of the molecule is OCc1ccc(-c2cnc(N3CCCC(O)C3)nc2)cc1CO. The fourth-order valence-corrected chi connectivity index (χ4v) is 2.88. The minimum absolute atomic E-state index is 0.0943. The molecule has 6 heteroatoms. The molecular weight excluding hydrogens is 294 g/mol. The van der Waals surface area contributed by atoms with E-state index < -0.39 is 0 Å². The van der Waals surface area contributed by atoms with E-state index in [0.717, 1.165) is 36.1 Å². The number of β-amino-alcohol motifs (C(OH)–C–C–N with tert-alkyl or cyclic N) is 1. The van der Waals surface area contributed by atoms with Gasteiger partial charge in [0.15, 0.2) is 0 Å². The molecule has 23 heavy (non-hydrogen) atoms. The van der Waals surface area contributed by atoms with Crippen LogP contribution >= 0.6 is 0 Å². The molecule has 1 aliphatic rings. The lowest BCUT2D eigenvalue weighted by atomic mass is 10.0. The van der Waals surface area contributed by atoms with Crippen molar-refractivity contribution in [2.24, 2.45) is 0 Å². The maximum Gasteiger partial charge on any atom is 0.225 e. The summed E-state index contributed by atoms with van der Waals surface area (Å²) in [5.74, 6) is 0.627. The zero-order valence-corrected chi connectivity index (χ0v) is 12.9. The second-order valence-electron chi connectivity index (χ2n) is 5.81. The highest BCUT2D eigenvalue weighted by Crippen LogP contribution is 2.23. The molecule has 0 saturated carbocycles. The first kappa shape index (κ1) is 15.9. The van der Waals surface area contributed by atoms with Crippen LogP contribution in [0.2, 0.25) is 0 Å². The van der Waals surface area contributed by atoms with Crippen LogP contribution in [0.5, 0.6) is 0 Å². The lowest BCUT2D eigenvalue weighted by molar-refractivity contribution is 0.153. The number of aliphatic hydroxyl groups is 3. The molecule has 2 aromatic rings. The summed E-state index contributed by atoms with van der Waals surface area (Å²) in [5.41, 5.74) is 3.17. The summed E-state index contributed by atoms with van der Waals surface area (Å²) in [5, 5.41) is 28.4. The molecule has 3 N–H and O–H groups in total. The van der Waals surface area contributed by atoms with Crippen LogP contribution in [0.4, 0.5) is 5.95 Å². The maximum atomic E-state index is 9.74. The van der Waals surface area contributed by atoms with Gasteiger partial charge in [-0.15, -0.1) is 0 Å². The van der Waals surface area contributed by atoms with E-state index in [1.54, 1.807) is 18.5 Å². The molecule has 1 saturated heterocycles. The van der Waals surface area contributed by atoms with Crippen LogP contribution in [-0.4, -0.2) is 44.5 Å². The number of nitrogens with zero attached hydrogens (tertiary/aromatic N) is 3. The number of benzene rings is 1. The summed E-state index contributed by atoms with van der Waals surface area (Å²) in [6, 6.07) is 5.53. The second-order valence-corrected chi connectivity index (χ2v) is 5.81. The molecule has 1 fully saturated rings. The Morgan fingerprint density at radius 3 is 2.43 bits per heavy atom. The van der Waals surface area contributed by atoms with Crippen molar-refractivity contribution in [3.8, 4) is 11.1 Å². The van der Waals surface area contributed by atoms with Crippen molar-refractivity contribution in [1.82, 2.24) is 9.97 Å². The quantitative estimate of drug-likeness (QED) is 0.782. The maximum absolute atomic E-state index is 9.74. The largest absolute Gasteiger partial charge is 0.392 e. The van der Waals surface area contributed by atoms with Gasteiger partial charge in [0.1, 0.15) is 0 Å². The summed E-state index contributed by atoms with van der Waals surface area (Å²) in [6.07, 6.45) is 4.95. The number of aliphatic hydroxyl groups excluding tert-OH is 3. The Bertz CT molecular complexity index is 661. The molecule has 122 valence electrons. The first-order valence-electron chi connectivity index (χ1n) is 7.80. The van der Waals surface area contributed by atoms with Crippen LogP contribution in [0.3, 0.4) is 0 Å². The van der Waals surface area contributed by atoms with Crippen molar-refractivity contribution in [3.63, 3.8) is 0 Å². The molecule has 1 aliphatic heterocycles. The van der Waals surface area contributed by atoms with Gasteiger partial charge in [0.25, 0.3) is 0 Å². The van der Waals surface area contributed by atoms with Crippen molar-refractivity contribution in [3.05, 3.63) is 41.7 Å². The predicted molar refractivity (Wildman–Crippen MR) is 86.8 cm³/mol. The van der Waals surface area contributed by atoms with Crippen LogP contribution in [0.1, 0.15) is 24.0 Å². The molecule has 2 heterocycles. The van der Waals surface area contributed by atoms with Gasteiger partial charge in [-0.25, -0.2) is 9.97 Å². The first-order valence-corrected chi connectivity index (χ1v) is 7.80. The Hall–Kier alpha value is -2.02. The standard InChI is InChI=1S/C17H21N3O3/c21-10-13-4-3-12(6-14(13)11-22)15-7-18-17(19-8-15)20-5-1-2-16(23)9-20/h3-4,6-8,16,21-23H,1-2,5,9-11H2. The normalized spacial score (nSPS) is 18.2. The highest BCUT2D eigenvalue weighted by atomic mass is 16.3. The molecule has 6 nitrogen and oxygen atoms in total. The molecular formula is C17H21N3O3. The van der Waals surface area contributed by atoms with Crippen LogP contribution in [0.25, 0.3) is 11.1 Å². The van der Waals surface area contributed by atoms with E-state index in [9.17, 15) is 15.3 Å². The molecule has 3 rings (SSSR count). The molecule has 1 atom stereocenters. The van der Waals surface area contributed by atoms with Gasteiger partial charge in [-0.1, -0.05) is 12.1 Å². The third-order valence-corrected chi connectivity index (χ3v) is 4.20. The molecule has 0 radical (unpaired) electrons. The van der Waals surface area contributed by atoms with Crippen LogP contribution in [0.15, 0.2) is 30.6 Å². The van der Waals surface area contributed by atoms with Crippen LogP contribution < -0.4 is 4.90 Å². The van der Waals surface area contributed by atoms with E-state index in [0.29, 0.717) is 18.1 Å². The third-order valence-electron chi connectivity index (χ3n) is 4.20. The second kappa shape index (κ2) is 7.04. The zero-order valence-electron chi connectivity index (χ0n) is 12.9. The Kier molecular flexibility index (Phi) is 4.85. The van der Waals surface area contributed by atoms with Crippen molar-refractivity contribution in [1.29, 1.82) is 0 Å².